The molecule has 2 saturated heterocycles. The molecule has 0 unspecified atom stereocenters. The Hall–Kier alpha value is -2.59. The molecule has 9 nitrogen and oxygen atoms in total. The molecule has 0 radical (unpaired) electrons. The van der Waals surface area contributed by atoms with Crippen LogP contribution in [-0.4, -0.2) is 69.9 Å². The molecule has 1 aliphatic carbocycles. The average molecular weight is 414 g/mol. The minimum atomic E-state index is -0.373. The maximum Gasteiger partial charge on any atom is 0.290 e. The number of nitrogens with one attached hydrogen (secondary N) is 2. The van der Waals surface area contributed by atoms with E-state index in [1.165, 1.54) is 0 Å². The molecule has 3 aliphatic rings. The van der Waals surface area contributed by atoms with E-state index in [-0.39, 0.29) is 11.1 Å². The van der Waals surface area contributed by atoms with Crippen LogP contribution in [0.2, 0.25) is 0 Å². The molecule has 10 heteroatoms. The molecule has 5 rings (SSSR count). The fourth-order valence-corrected chi connectivity index (χ4v) is 4.28. The highest BCUT2D eigenvalue weighted by molar-refractivity contribution is 8.18. The molecule has 0 atom stereocenters. The summed E-state index contributed by atoms with van der Waals surface area (Å²) in [5, 5.41) is 9.99. The third-order valence-electron chi connectivity index (χ3n) is 5.39. The first-order chi connectivity index (χ1) is 14.1. The number of hydrogen-bond donors (Lipinski definition) is 2. The van der Waals surface area contributed by atoms with Gasteiger partial charge in [0.1, 0.15) is 11.6 Å². The first-order valence-electron chi connectivity index (χ1n) is 9.90. The second-order valence-electron chi connectivity index (χ2n) is 7.75. The van der Waals surface area contributed by atoms with Gasteiger partial charge in [-0.15, -0.1) is 0 Å². The lowest BCUT2D eigenvalue weighted by Crippen LogP contribution is -2.29. The number of rotatable bonds is 4. The summed E-state index contributed by atoms with van der Waals surface area (Å²) in [7, 11) is 2.15. The summed E-state index contributed by atoms with van der Waals surface area (Å²) in [6.45, 7) is 3.94. The van der Waals surface area contributed by atoms with E-state index in [1.54, 1.807) is 16.8 Å². The molecule has 152 valence electrons. The van der Waals surface area contributed by atoms with Crippen molar-refractivity contribution < 1.29 is 9.59 Å². The third-order valence-corrected chi connectivity index (χ3v) is 6.20. The van der Waals surface area contributed by atoms with Crippen molar-refractivity contribution in [1.29, 1.82) is 0 Å². The van der Waals surface area contributed by atoms with Crippen molar-refractivity contribution in [2.45, 2.75) is 25.3 Å². The second-order valence-corrected chi connectivity index (χ2v) is 8.76. The monoisotopic (exact) mass is 413 g/mol. The van der Waals surface area contributed by atoms with Crippen LogP contribution in [0.15, 0.2) is 17.2 Å². The van der Waals surface area contributed by atoms with Crippen molar-refractivity contribution in [1.82, 2.24) is 24.8 Å². The van der Waals surface area contributed by atoms with Gasteiger partial charge in [0.05, 0.1) is 11.1 Å². The Morgan fingerprint density at radius 1 is 1.24 bits per heavy atom. The van der Waals surface area contributed by atoms with Crippen molar-refractivity contribution in [3.63, 3.8) is 0 Å². The van der Waals surface area contributed by atoms with Gasteiger partial charge in [0.2, 0.25) is 0 Å². The zero-order valence-corrected chi connectivity index (χ0v) is 17.0. The van der Waals surface area contributed by atoms with Crippen molar-refractivity contribution in [2.24, 2.45) is 0 Å². The first-order valence-corrected chi connectivity index (χ1v) is 10.7. The summed E-state index contributed by atoms with van der Waals surface area (Å²) in [6, 6.07) is 2.55. The van der Waals surface area contributed by atoms with Gasteiger partial charge in [0, 0.05) is 37.3 Å². The summed E-state index contributed by atoms with van der Waals surface area (Å²) in [4.78, 5) is 33.4. The van der Waals surface area contributed by atoms with Crippen LogP contribution < -0.4 is 15.5 Å². The lowest BCUT2D eigenvalue weighted by Gasteiger charge is -2.23. The Bertz CT molecular complexity index is 1010. The van der Waals surface area contributed by atoms with E-state index < -0.39 is 0 Å². The van der Waals surface area contributed by atoms with Gasteiger partial charge in [-0.3, -0.25) is 14.9 Å². The van der Waals surface area contributed by atoms with E-state index >= 15 is 0 Å². The highest BCUT2D eigenvalue weighted by atomic mass is 32.2. The number of hydrogen-bond acceptors (Lipinski definition) is 8. The van der Waals surface area contributed by atoms with Gasteiger partial charge < -0.3 is 15.1 Å². The lowest BCUT2D eigenvalue weighted by molar-refractivity contribution is -0.115. The summed E-state index contributed by atoms with van der Waals surface area (Å²) < 4.78 is 1.79. The maximum absolute atomic E-state index is 12.0. The highest BCUT2D eigenvalue weighted by Crippen LogP contribution is 2.30. The Morgan fingerprint density at radius 3 is 2.86 bits per heavy atom. The Morgan fingerprint density at radius 2 is 2.10 bits per heavy atom. The van der Waals surface area contributed by atoms with Crippen molar-refractivity contribution in [3.05, 3.63) is 22.7 Å². The number of carbonyl (C=O) groups excluding carboxylic acids is 2. The van der Waals surface area contributed by atoms with Crippen LogP contribution in [0.4, 0.5) is 16.4 Å². The quantitative estimate of drug-likeness (QED) is 0.733. The molecule has 2 N–H and O–H groups in total. The molecule has 2 amide bonds. The van der Waals surface area contributed by atoms with Crippen LogP contribution in [0.25, 0.3) is 11.7 Å². The van der Waals surface area contributed by atoms with E-state index in [0.29, 0.717) is 16.6 Å². The number of anilines is 2. The van der Waals surface area contributed by atoms with Crippen LogP contribution in [-0.2, 0) is 4.79 Å². The number of imide groups is 1. The molecular weight excluding hydrogens is 390 g/mol. The number of nitrogens with zero attached hydrogens (tertiary/aromatic N) is 5. The van der Waals surface area contributed by atoms with Gasteiger partial charge in [0.15, 0.2) is 5.65 Å². The second kappa shape index (κ2) is 7.34. The van der Waals surface area contributed by atoms with Gasteiger partial charge in [-0.05, 0) is 50.7 Å². The predicted molar refractivity (Wildman–Crippen MR) is 113 cm³/mol. The summed E-state index contributed by atoms with van der Waals surface area (Å²) in [5.41, 5.74) is 1.41. The van der Waals surface area contributed by atoms with Crippen molar-refractivity contribution in [2.75, 3.05) is 43.4 Å². The van der Waals surface area contributed by atoms with Gasteiger partial charge >= 0.3 is 0 Å². The zero-order chi connectivity index (χ0) is 20.0. The third kappa shape index (κ3) is 3.82. The number of amides is 2. The largest absolute Gasteiger partial charge is 0.367 e. The summed E-state index contributed by atoms with van der Waals surface area (Å²) >= 11 is 0.906. The molecule has 1 saturated carbocycles. The Kier molecular flexibility index (Phi) is 4.67. The van der Waals surface area contributed by atoms with E-state index in [0.717, 1.165) is 74.4 Å². The number of carbonyl (C=O) groups is 2. The van der Waals surface area contributed by atoms with Gasteiger partial charge in [0.25, 0.3) is 11.1 Å². The Labute approximate surface area is 172 Å². The molecule has 3 fully saturated rings. The van der Waals surface area contributed by atoms with Gasteiger partial charge in [-0.2, -0.15) is 9.61 Å². The minimum absolute atomic E-state index is 0.351. The average Bonchev–Trinajstić information content (AvgIpc) is 3.38. The molecule has 2 aromatic heterocycles. The molecule has 29 heavy (non-hydrogen) atoms. The van der Waals surface area contributed by atoms with Gasteiger partial charge in [-0.25, -0.2) is 4.98 Å². The molecule has 4 heterocycles. The number of likely N-dealkylation sites (N-methyl/N-ethyl adjacent to an activating group) is 1. The number of thioether (sulfide) groups is 1. The molecular formula is C19H23N7O2S. The lowest BCUT2D eigenvalue weighted by atomic mass is 10.3. The minimum Gasteiger partial charge on any atom is -0.367 e. The topological polar surface area (TPSA) is 94.9 Å². The fraction of sp³-hybridized carbons (Fsp3) is 0.474. The van der Waals surface area contributed by atoms with Crippen LogP contribution in [0.5, 0.6) is 0 Å². The molecule has 0 bridgehead atoms. The number of aromatic nitrogens is 3. The maximum atomic E-state index is 12.0. The van der Waals surface area contributed by atoms with Crippen LogP contribution in [0.1, 0.15) is 24.8 Å². The summed E-state index contributed by atoms with van der Waals surface area (Å²) in [6.07, 6.45) is 6.80. The molecule has 2 aliphatic heterocycles. The van der Waals surface area contributed by atoms with Crippen molar-refractivity contribution >= 4 is 46.3 Å². The van der Waals surface area contributed by atoms with Crippen LogP contribution in [0, 0.1) is 0 Å². The first kappa shape index (κ1) is 18.4. The normalized spacial score (nSPS) is 22.4. The van der Waals surface area contributed by atoms with Crippen LogP contribution >= 0.6 is 11.8 Å². The summed E-state index contributed by atoms with van der Waals surface area (Å²) in [5.74, 6) is 1.45. The number of fused-ring (bicyclic) bond motifs is 1. The van der Waals surface area contributed by atoms with E-state index in [2.05, 4.69) is 38.6 Å². The fourth-order valence-electron chi connectivity index (χ4n) is 3.61. The molecule has 0 aromatic carbocycles. The smallest absolute Gasteiger partial charge is 0.290 e. The predicted octanol–water partition coefficient (Wildman–Crippen LogP) is 1.77. The standard InChI is InChI=1S/C19H23N7O2S/c1-24-5-2-6-25(8-7-24)15-10-16(21-13-3-4-13)26-17(22-15)12(11-20-26)9-14-18(27)23-19(28)29-14/h9-11,13,21H,2-8H2,1H3,(H,23,27,28)/b14-9-. The zero-order valence-electron chi connectivity index (χ0n) is 16.2. The van der Waals surface area contributed by atoms with E-state index in [9.17, 15) is 9.59 Å². The highest BCUT2D eigenvalue weighted by Gasteiger charge is 2.27. The molecule has 0 spiro atoms. The Balaban J connectivity index is 1.56. The van der Waals surface area contributed by atoms with E-state index in [1.807, 2.05) is 0 Å². The van der Waals surface area contributed by atoms with Crippen molar-refractivity contribution in [3.8, 4) is 0 Å². The van der Waals surface area contributed by atoms with Crippen LogP contribution in [0.3, 0.4) is 0 Å². The SMILES string of the molecule is CN1CCCN(c2cc(NC3CC3)n3ncc(/C=C4\SC(=O)NC4=O)c3n2)CC1. The van der Waals surface area contributed by atoms with E-state index in [4.69, 9.17) is 4.98 Å². The molecule has 2 aromatic rings. The van der Waals surface area contributed by atoms with Gasteiger partial charge in [-0.1, -0.05) is 0 Å².